The molecule has 20 heavy (non-hydrogen) atoms. The van der Waals surface area contributed by atoms with Crippen molar-refractivity contribution in [3.05, 3.63) is 0 Å². The minimum Gasteiger partial charge on any atom is -0.469 e. The Morgan fingerprint density at radius 2 is 1.95 bits per heavy atom. The molecule has 0 spiro atoms. The Morgan fingerprint density at radius 3 is 2.50 bits per heavy atom. The molecule has 3 aliphatic carbocycles. The molecule has 0 aromatic rings. The van der Waals surface area contributed by atoms with Crippen molar-refractivity contribution in [2.75, 3.05) is 20.0 Å². The molecule has 1 unspecified atom stereocenters. The fourth-order valence-electron chi connectivity index (χ4n) is 3.97. The fraction of sp³-hybridized carbons (Fsp3) is 0.929. The van der Waals surface area contributed by atoms with Crippen LogP contribution in [0.4, 0.5) is 0 Å². The molecular weight excluding hydrogens is 280 g/mol. The average molecular weight is 304 g/mol. The molecule has 0 aromatic carbocycles. The quantitative estimate of drug-likeness (QED) is 0.427. The zero-order chi connectivity index (χ0) is 14.8. The molecule has 1 atom stereocenters. The summed E-state index contributed by atoms with van der Waals surface area (Å²) in [4.78, 5) is 12.2. The Kier molecular flexibility index (Phi) is 4.74. The summed E-state index contributed by atoms with van der Waals surface area (Å²) in [6.45, 7) is 0.206. The van der Waals surface area contributed by atoms with Gasteiger partial charge in [-0.05, 0) is 56.8 Å². The van der Waals surface area contributed by atoms with E-state index in [1.807, 2.05) is 0 Å². The lowest BCUT2D eigenvalue weighted by Gasteiger charge is -2.50. The first kappa shape index (κ1) is 15.8. The predicted octanol–water partition coefficient (Wildman–Crippen LogP) is 2.11. The molecule has 0 aliphatic heterocycles. The van der Waals surface area contributed by atoms with Crippen molar-refractivity contribution in [2.45, 2.75) is 44.9 Å². The monoisotopic (exact) mass is 304 g/mol. The van der Waals surface area contributed by atoms with Gasteiger partial charge in [0.25, 0.3) is 10.1 Å². The summed E-state index contributed by atoms with van der Waals surface area (Å²) in [6.07, 6.45) is 7.70. The number of hydrogen-bond donors (Lipinski definition) is 0. The number of methoxy groups -OCH3 is 1. The van der Waals surface area contributed by atoms with Crippen LogP contribution in [-0.2, 0) is 23.8 Å². The minimum atomic E-state index is -3.37. The molecule has 0 N–H and O–H groups in total. The molecule has 0 saturated heterocycles. The van der Waals surface area contributed by atoms with Crippen molar-refractivity contribution >= 4 is 16.1 Å². The van der Waals surface area contributed by atoms with Crippen LogP contribution in [0.5, 0.6) is 0 Å². The number of rotatable bonds is 6. The van der Waals surface area contributed by atoms with Gasteiger partial charge in [0.1, 0.15) is 0 Å². The molecule has 5 nitrogen and oxygen atoms in total. The first-order valence-electron chi connectivity index (χ1n) is 7.30. The lowest BCUT2D eigenvalue weighted by molar-refractivity contribution is -0.166. The van der Waals surface area contributed by atoms with E-state index in [0.717, 1.165) is 50.7 Å². The molecule has 3 fully saturated rings. The molecule has 3 rings (SSSR count). The predicted molar refractivity (Wildman–Crippen MR) is 74.5 cm³/mol. The minimum absolute atomic E-state index is 0.0790. The molecule has 2 bridgehead atoms. The van der Waals surface area contributed by atoms with Crippen LogP contribution >= 0.6 is 0 Å². The summed E-state index contributed by atoms with van der Waals surface area (Å²) in [5, 5.41) is 0. The van der Waals surface area contributed by atoms with Gasteiger partial charge in [-0.15, -0.1) is 0 Å². The van der Waals surface area contributed by atoms with E-state index in [1.165, 1.54) is 7.11 Å². The van der Waals surface area contributed by atoms with Crippen LogP contribution in [0.15, 0.2) is 0 Å². The van der Waals surface area contributed by atoms with Gasteiger partial charge in [0, 0.05) is 0 Å². The number of fused-ring (bicyclic) bond motifs is 3. The van der Waals surface area contributed by atoms with Gasteiger partial charge >= 0.3 is 5.97 Å². The van der Waals surface area contributed by atoms with Gasteiger partial charge in [-0.1, -0.05) is 0 Å². The van der Waals surface area contributed by atoms with Crippen LogP contribution in [0.25, 0.3) is 0 Å². The Balaban J connectivity index is 1.94. The second kappa shape index (κ2) is 6.02. The maximum atomic E-state index is 12.2. The van der Waals surface area contributed by atoms with Crippen molar-refractivity contribution < 1.29 is 22.1 Å². The van der Waals surface area contributed by atoms with Crippen molar-refractivity contribution in [3.8, 4) is 0 Å². The molecular formula is C14H24O5S. The van der Waals surface area contributed by atoms with Crippen LogP contribution in [-0.4, -0.2) is 34.4 Å². The average Bonchev–Trinajstić information content (AvgIpc) is 2.43. The largest absolute Gasteiger partial charge is 0.469 e. The number of carbonyl (C=O) groups excluding carboxylic acids is 1. The summed E-state index contributed by atoms with van der Waals surface area (Å²) in [5.74, 6) is 0.956. The van der Waals surface area contributed by atoms with Gasteiger partial charge in [-0.3, -0.25) is 8.98 Å². The summed E-state index contributed by atoms with van der Waals surface area (Å²) < 4.78 is 31.7. The van der Waals surface area contributed by atoms with Gasteiger partial charge in [-0.25, -0.2) is 0 Å². The normalized spacial score (nSPS) is 33.1. The van der Waals surface area contributed by atoms with E-state index in [1.54, 1.807) is 0 Å². The maximum Gasteiger partial charge on any atom is 0.312 e. The highest BCUT2D eigenvalue weighted by atomic mass is 32.2. The van der Waals surface area contributed by atoms with Gasteiger partial charge in [0.05, 0.1) is 25.4 Å². The maximum absolute atomic E-state index is 12.2. The number of ether oxygens (including phenoxy) is 1. The molecule has 0 amide bonds. The SMILES string of the molecule is COC(=O)C12CCC(CC1)CC2CCCOS(C)(=O)=O. The van der Waals surface area contributed by atoms with Gasteiger partial charge in [0.15, 0.2) is 0 Å². The van der Waals surface area contributed by atoms with Crippen molar-refractivity contribution in [2.24, 2.45) is 17.3 Å². The first-order chi connectivity index (χ1) is 9.37. The second-order valence-electron chi connectivity index (χ2n) is 6.19. The summed E-state index contributed by atoms with van der Waals surface area (Å²) in [5.41, 5.74) is -0.325. The highest BCUT2D eigenvalue weighted by Crippen LogP contribution is 2.55. The van der Waals surface area contributed by atoms with E-state index in [4.69, 9.17) is 8.92 Å². The molecule has 3 aliphatic rings. The Bertz CT molecular complexity index is 448. The molecule has 116 valence electrons. The highest BCUT2D eigenvalue weighted by Gasteiger charge is 2.52. The van der Waals surface area contributed by atoms with Crippen molar-refractivity contribution in [1.29, 1.82) is 0 Å². The zero-order valence-electron chi connectivity index (χ0n) is 12.3. The molecule has 6 heteroatoms. The van der Waals surface area contributed by atoms with Gasteiger partial charge in [-0.2, -0.15) is 8.42 Å². The second-order valence-corrected chi connectivity index (χ2v) is 7.84. The third-order valence-corrected chi connectivity index (χ3v) is 5.58. The third-order valence-electron chi connectivity index (χ3n) is 4.98. The summed E-state index contributed by atoms with van der Waals surface area (Å²) in [7, 11) is -1.91. The van der Waals surface area contributed by atoms with E-state index in [2.05, 4.69) is 0 Å². The number of hydrogen-bond acceptors (Lipinski definition) is 5. The van der Waals surface area contributed by atoms with E-state index >= 15 is 0 Å². The van der Waals surface area contributed by atoms with Crippen molar-refractivity contribution in [3.63, 3.8) is 0 Å². The van der Waals surface area contributed by atoms with Crippen LogP contribution < -0.4 is 0 Å². The van der Waals surface area contributed by atoms with E-state index in [-0.39, 0.29) is 18.0 Å². The van der Waals surface area contributed by atoms with Crippen LogP contribution in [0.3, 0.4) is 0 Å². The molecule has 3 saturated carbocycles. The topological polar surface area (TPSA) is 69.7 Å². The standard InChI is InChI=1S/C14H24O5S/c1-18-13(15)14-7-5-11(6-8-14)10-12(14)4-3-9-19-20(2,16)17/h11-12H,3-10H2,1-2H3. The third kappa shape index (κ3) is 3.34. The Labute approximate surface area is 121 Å². The van der Waals surface area contributed by atoms with Gasteiger partial charge < -0.3 is 4.74 Å². The molecule has 0 radical (unpaired) electrons. The zero-order valence-corrected chi connectivity index (χ0v) is 13.1. The fourth-order valence-corrected chi connectivity index (χ4v) is 4.39. The van der Waals surface area contributed by atoms with Crippen LogP contribution in [0, 0.1) is 17.3 Å². The van der Waals surface area contributed by atoms with E-state index < -0.39 is 10.1 Å². The summed E-state index contributed by atoms with van der Waals surface area (Å²) >= 11 is 0. The van der Waals surface area contributed by atoms with Crippen LogP contribution in [0.1, 0.15) is 44.9 Å². The van der Waals surface area contributed by atoms with E-state index in [9.17, 15) is 13.2 Å². The smallest absolute Gasteiger partial charge is 0.312 e. The molecule has 0 aromatic heterocycles. The van der Waals surface area contributed by atoms with Crippen molar-refractivity contribution in [1.82, 2.24) is 0 Å². The van der Waals surface area contributed by atoms with E-state index in [0.29, 0.717) is 12.3 Å². The van der Waals surface area contributed by atoms with Gasteiger partial charge in [0.2, 0.25) is 0 Å². The highest BCUT2D eigenvalue weighted by molar-refractivity contribution is 7.85. The van der Waals surface area contributed by atoms with Crippen LogP contribution in [0.2, 0.25) is 0 Å². The number of carbonyl (C=O) groups is 1. The number of esters is 1. The summed E-state index contributed by atoms with van der Waals surface area (Å²) in [6, 6.07) is 0. The lowest BCUT2D eigenvalue weighted by Crippen LogP contribution is -2.48. The Hall–Kier alpha value is -0.620. The first-order valence-corrected chi connectivity index (χ1v) is 9.12. The lowest BCUT2D eigenvalue weighted by atomic mass is 9.54. The Morgan fingerprint density at radius 1 is 1.30 bits per heavy atom. The molecule has 0 heterocycles.